The molecule has 1 aromatic heterocycles. The molecule has 0 aliphatic carbocycles. The van der Waals surface area contributed by atoms with Crippen LogP contribution in [-0.4, -0.2) is 91.6 Å². The molecule has 1 atom stereocenters. The Balaban J connectivity index is 1.20. The largest absolute Gasteiger partial charge is 0.489 e. The molecule has 3 aliphatic heterocycles. The summed E-state index contributed by atoms with van der Waals surface area (Å²) in [5, 5.41) is 8.17. The summed E-state index contributed by atoms with van der Waals surface area (Å²) in [6, 6.07) is 12.2. The third kappa shape index (κ3) is 5.43. The fourth-order valence-electron chi connectivity index (χ4n) is 5.59. The van der Waals surface area contributed by atoms with Gasteiger partial charge in [-0.3, -0.25) is 4.90 Å². The molecule has 2 fully saturated rings. The van der Waals surface area contributed by atoms with Gasteiger partial charge in [0.05, 0.1) is 28.6 Å². The van der Waals surface area contributed by atoms with Gasteiger partial charge in [-0.05, 0) is 38.6 Å². The van der Waals surface area contributed by atoms with Crippen LogP contribution in [0.15, 0.2) is 42.6 Å². The maximum Gasteiger partial charge on any atom is 0.229 e. The second-order valence-electron chi connectivity index (χ2n) is 10.8. The first-order chi connectivity index (χ1) is 18.7. The van der Waals surface area contributed by atoms with E-state index in [4.69, 9.17) is 27.9 Å². The highest BCUT2D eigenvalue weighted by atomic mass is 35.5. The van der Waals surface area contributed by atoms with Gasteiger partial charge < -0.3 is 29.7 Å². The average Bonchev–Trinajstić information content (AvgIpc) is 2.88. The van der Waals surface area contributed by atoms with E-state index in [9.17, 15) is 4.57 Å². The molecule has 2 aromatic carbocycles. The average molecular weight is 588 g/mol. The van der Waals surface area contributed by atoms with Gasteiger partial charge in [-0.2, -0.15) is 4.98 Å². The van der Waals surface area contributed by atoms with Crippen LogP contribution in [0.2, 0.25) is 10.0 Å². The molecule has 0 amide bonds. The molecule has 3 aliphatic rings. The molecule has 4 heterocycles. The van der Waals surface area contributed by atoms with Crippen molar-refractivity contribution in [3.05, 3.63) is 52.6 Å². The van der Waals surface area contributed by atoms with Gasteiger partial charge >= 0.3 is 0 Å². The highest BCUT2D eigenvalue weighted by molar-refractivity contribution is 7.70. The van der Waals surface area contributed by atoms with Gasteiger partial charge in [0.25, 0.3) is 0 Å². The number of hydrogen-bond acceptors (Lipinski definition) is 9. The van der Waals surface area contributed by atoms with E-state index in [0.29, 0.717) is 45.8 Å². The Kier molecular flexibility index (Phi) is 7.14. The molecule has 2 N–H and O–H groups in total. The highest BCUT2D eigenvalue weighted by Gasteiger charge is 2.39. The first-order valence-corrected chi connectivity index (χ1v) is 16.4. The summed E-state index contributed by atoms with van der Waals surface area (Å²) in [4.78, 5) is 16.3. The number of aromatic nitrogens is 2. The minimum absolute atomic E-state index is 0.283. The Bertz CT molecular complexity index is 1450. The molecule has 0 saturated carbocycles. The number of nitrogens with one attached hydrogen (secondary N) is 2. The zero-order valence-electron chi connectivity index (χ0n) is 22.2. The predicted molar refractivity (Wildman–Crippen MR) is 160 cm³/mol. The lowest BCUT2D eigenvalue weighted by Crippen LogP contribution is -2.65. The lowest BCUT2D eigenvalue weighted by atomic mass is 10.0. The smallest absolute Gasteiger partial charge is 0.229 e. The van der Waals surface area contributed by atoms with Crippen LogP contribution >= 0.6 is 30.3 Å². The summed E-state index contributed by atoms with van der Waals surface area (Å²) < 4.78 is 19.0. The van der Waals surface area contributed by atoms with Crippen LogP contribution in [0.3, 0.4) is 0 Å². The van der Waals surface area contributed by atoms with Crippen molar-refractivity contribution in [1.29, 1.82) is 0 Å². The normalized spacial score (nSPS) is 20.0. The van der Waals surface area contributed by atoms with Crippen molar-refractivity contribution in [3.8, 4) is 5.75 Å². The second kappa shape index (κ2) is 10.5. The maximum atomic E-state index is 12.8. The van der Waals surface area contributed by atoms with Gasteiger partial charge in [0.15, 0.2) is 5.82 Å². The molecule has 206 valence electrons. The summed E-state index contributed by atoms with van der Waals surface area (Å²) in [5.41, 5.74) is 2.36. The Morgan fingerprint density at radius 1 is 1.03 bits per heavy atom. The zero-order valence-corrected chi connectivity index (χ0v) is 24.6. The van der Waals surface area contributed by atoms with E-state index in [-0.39, 0.29) is 6.04 Å². The summed E-state index contributed by atoms with van der Waals surface area (Å²) in [6.45, 7) is 9.29. The van der Waals surface area contributed by atoms with Crippen LogP contribution in [-0.2, 0) is 4.57 Å². The molecular weight excluding hydrogens is 556 g/mol. The van der Waals surface area contributed by atoms with Crippen LogP contribution in [0.25, 0.3) is 0 Å². The Morgan fingerprint density at radius 2 is 1.82 bits per heavy atom. The third-order valence-corrected chi connectivity index (χ3v) is 9.67. The monoisotopic (exact) mass is 587 g/mol. The molecule has 6 rings (SSSR count). The first-order valence-electron chi connectivity index (χ1n) is 13.0. The van der Waals surface area contributed by atoms with Crippen molar-refractivity contribution in [2.45, 2.75) is 12.1 Å². The van der Waals surface area contributed by atoms with Crippen molar-refractivity contribution in [2.75, 3.05) is 75.2 Å². The number of likely N-dealkylation sites (tertiary alicyclic amines) is 1. The number of benzene rings is 2. The topological polar surface area (TPSA) is 85.9 Å². The van der Waals surface area contributed by atoms with E-state index in [2.05, 4.69) is 42.3 Å². The number of piperazine rings is 1. The molecule has 39 heavy (non-hydrogen) atoms. The van der Waals surface area contributed by atoms with Crippen LogP contribution in [0.5, 0.6) is 5.75 Å². The number of hydrogen-bond donors (Lipinski definition) is 2. The van der Waals surface area contributed by atoms with E-state index >= 15 is 0 Å². The molecule has 2 saturated heterocycles. The summed E-state index contributed by atoms with van der Waals surface area (Å²) in [6.07, 6.45) is 1.53. The van der Waals surface area contributed by atoms with E-state index < -0.39 is 7.14 Å². The molecule has 12 heteroatoms. The Labute approximate surface area is 238 Å². The van der Waals surface area contributed by atoms with Crippen molar-refractivity contribution in [3.63, 3.8) is 0 Å². The SMILES string of the molecule is CN1CC(N2CCN3c4c(Cl)cc(Nc5ncc(Cl)c(Nc6ccccc6P(C)(C)=O)n5)cc4OC[C@@H]3C2)C1. The molecule has 0 bridgehead atoms. The zero-order chi connectivity index (χ0) is 27.3. The van der Waals surface area contributed by atoms with Crippen LogP contribution in [0, 0.1) is 0 Å². The first kappa shape index (κ1) is 26.7. The van der Waals surface area contributed by atoms with Gasteiger partial charge in [0.1, 0.15) is 24.5 Å². The number of rotatable bonds is 6. The van der Waals surface area contributed by atoms with Crippen LogP contribution < -0.4 is 25.6 Å². The van der Waals surface area contributed by atoms with Gasteiger partial charge in [-0.1, -0.05) is 35.3 Å². The lowest BCUT2D eigenvalue weighted by molar-refractivity contribution is 0.0325. The lowest BCUT2D eigenvalue weighted by Gasteiger charge is -2.51. The number of anilines is 5. The van der Waals surface area contributed by atoms with Gasteiger partial charge in [0, 0.05) is 55.8 Å². The van der Waals surface area contributed by atoms with Crippen molar-refractivity contribution < 1.29 is 9.30 Å². The van der Waals surface area contributed by atoms with E-state index in [1.54, 1.807) is 13.3 Å². The molecule has 0 spiro atoms. The molecule has 3 aromatic rings. The van der Waals surface area contributed by atoms with Crippen molar-refractivity contribution in [2.24, 2.45) is 0 Å². The Hall–Kier alpha value is -2.55. The molecule has 0 unspecified atom stereocenters. The van der Waals surface area contributed by atoms with Gasteiger partial charge in [0.2, 0.25) is 5.95 Å². The second-order valence-corrected chi connectivity index (χ2v) is 14.8. The number of para-hydroxylation sites is 1. The number of likely N-dealkylation sites (N-methyl/N-ethyl adjacent to an activating group) is 1. The summed E-state index contributed by atoms with van der Waals surface area (Å²) in [5.74, 6) is 1.51. The number of ether oxygens (including phenoxy) is 1. The van der Waals surface area contributed by atoms with E-state index in [1.165, 1.54) is 6.20 Å². The molecule has 0 radical (unpaired) electrons. The van der Waals surface area contributed by atoms with Crippen LogP contribution in [0.4, 0.5) is 28.8 Å². The minimum atomic E-state index is -2.51. The standard InChI is InChI=1S/C27H32Cl2N7O2P/c1-34-13-18(14-34)35-8-9-36-19(15-35)16-38-23-11-17(10-20(28)25(23)36)31-27-30-12-21(29)26(33-27)32-22-6-4-5-7-24(22)39(2,3)37/h4-7,10-12,18-19H,8-9,13-16H2,1-3H3,(H2,30,31,32,33)/t19-/m0/s1. The summed E-state index contributed by atoms with van der Waals surface area (Å²) in [7, 11) is -0.347. The van der Waals surface area contributed by atoms with Crippen molar-refractivity contribution in [1.82, 2.24) is 19.8 Å². The Morgan fingerprint density at radius 3 is 2.59 bits per heavy atom. The highest BCUT2D eigenvalue weighted by Crippen LogP contribution is 2.44. The summed E-state index contributed by atoms with van der Waals surface area (Å²) >= 11 is 13.2. The van der Waals surface area contributed by atoms with Gasteiger partial charge in [-0.25, -0.2) is 4.98 Å². The minimum Gasteiger partial charge on any atom is -0.489 e. The fourth-order valence-corrected chi connectivity index (χ4v) is 7.20. The maximum absolute atomic E-state index is 12.8. The predicted octanol–water partition coefficient (Wildman–Crippen LogP) is 4.72. The number of fused-ring (bicyclic) bond motifs is 3. The molecule has 9 nitrogen and oxygen atoms in total. The van der Waals surface area contributed by atoms with Crippen LogP contribution in [0.1, 0.15) is 0 Å². The number of halogens is 2. The van der Waals surface area contributed by atoms with E-state index in [0.717, 1.165) is 49.5 Å². The van der Waals surface area contributed by atoms with Crippen molar-refractivity contribution >= 4 is 64.5 Å². The number of nitrogens with zero attached hydrogens (tertiary/aromatic N) is 5. The van der Waals surface area contributed by atoms with E-state index in [1.807, 2.05) is 36.4 Å². The quantitative estimate of drug-likeness (QED) is 0.398. The fraction of sp³-hybridized carbons (Fsp3) is 0.407. The van der Waals surface area contributed by atoms with Gasteiger partial charge in [-0.15, -0.1) is 0 Å². The third-order valence-electron chi connectivity index (χ3n) is 7.56. The molecular formula is C27H32Cl2N7O2P.